The number of nitrogens with zero attached hydrogens (tertiary/aromatic N) is 1. The maximum absolute atomic E-state index is 11.9. The normalized spacial score (nSPS) is 18.7. The average molecular weight is 317 g/mol. The monoisotopic (exact) mass is 317 g/mol. The van der Waals surface area contributed by atoms with Crippen LogP contribution in [0.1, 0.15) is 50.2 Å². The molecule has 1 aliphatic heterocycles. The molecule has 0 saturated carbocycles. The summed E-state index contributed by atoms with van der Waals surface area (Å²) in [7, 11) is 0. The summed E-state index contributed by atoms with van der Waals surface area (Å²) in [6.45, 7) is 9.53. The van der Waals surface area contributed by atoms with E-state index in [0.29, 0.717) is 0 Å². The molecule has 4 nitrogen and oxygen atoms in total. The number of urea groups is 1. The number of aryl methyl sites for hydroxylation is 2. The third-order valence-corrected chi connectivity index (χ3v) is 4.58. The Morgan fingerprint density at radius 1 is 1.17 bits per heavy atom. The van der Waals surface area contributed by atoms with E-state index in [9.17, 15) is 4.79 Å². The number of piperidine rings is 1. The summed E-state index contributed by atoms with van der Waals surface area (Å²) in [5.74, 6) is 0. The molecule has 1 atom stereocenters. The highest BCUT2D eigenvalue weighted by molar-refractivity contribution is 5.89. The van der Waals surface area contributed by atoms with E-state index in [-0.39, 0.29) is 6.03 Å². The molecule has 0 spiro atoms. The van der Waals surface area contributed by atoms with Crippen LogP contribution in [0, 0.1) is 13.8 Å². The summed E-state index contributed by atoms with van der Waals surface area (Å²) in [4.78, 5) is 14.5. The number of hydrogen-bond acceptors (Lipinski definition) is 2. The Morgan fingerprint density at radius 2 is 1.91 bits per heavy atom. The Morgan fingerprint density at radius 3 is 2.61 bits per heavy atom. The summed E-state index contributed by atoms with van der Waals surface area (Å²) >= 11 is 0. The molecule has 0 aromatic heterocycles. The van der Waals surface area contributed by atoms with Crippen LogP contribution < -0.4 is 10.6 Å². The van der Waals surface area contributed by atoms with E-state index in [1.165, 1.54) is 25.8 Å². The Hall–Kier alpha value is -1.55. The van der Waals surface area contributed by atoms with Crippen molar-refractivity contribution in [2.24, 2.45) is 0 Å². The number of nitrogens with one attached hydrogen (secondary N) is 2. The van der Waals surface area contributed by atoms with Crippen molar-refractivity contribution in [2.45, 2.75) is 58.9 Å². The number of hydrogen-bond donors (Lipinski definition) is 2. The molecular formula is C19H31N3O. The van der Waals surface area contributed by atoms with Gasteiger partial charge in [0.25, 0.3) is 0 Å². The zero-order valence-corrected chi connectivity index (χ0v) is 14.8. The fraction of sp³-hybridized carbons (Fsp3) is 0.632. The van der Waals surface area contributed by atoms with Gasteiger partial charge in [-0.25, -0.2) is 4.79 Å². The Bertz CT molecular complexity index is 495. The van der Waals surface area contributed by atoms with Crippen molar-refractivity contribution in [3.05, 3.63) is 29.3 Å². The lowest BCUT2D eigenvalue weighted by atomic mass is 10.0. The predicted octanol–water partition coefficient (Wildman–Crippen LogP) is 4.08. The quantitative estimate of drug-likeness (QED) is 0.777. The standard InChI is InChI=1S/C19H31N3O/c1-15-12-16(2)14-18(13-15)21-19(23)20-9-5-7-11-22-10-6-4-8-17(22)3/h12-14,17H,4-11H2,1-3H3,(H2,20,21,23). The zero-order chi connectivity index (χ0) is 16.7. The SMILES string of the molecule is Cc1cc(C)cc(NC(=O)NCCCCN2CCCCC2C)c1. The van der Waals surface area contributed by atoms with Crippen LogP contribution in [0.15, 0.2) is 18.2 Å². The van der Waals surface area contributed by atoms with Gasteiger partial charge in [-0.1, -0.05) is 12.5 Å². The molecule has 128 valence electrons. The number of amides is 2. The highest BCUT2D eigenvalue weighted by atomic mass is 16.2. The maximum atomic E-state index is 11.9. The second kappa shape index (κ2) is 8.92. The molecule has 23 heavy (non-hydrogen) atoms. The molecule has 1 aliphatic rings. The van der Waals surface area contributed by atoms with E-state index >= 15 is 0 Å². The van der Waals surface area contributed by atoms with Crippen LogP contribution >= 0.6 is 0 Å². The van der Waals surface area contributed by atoms with Crippen LogP contribution in [-0.2, 0) is 0 Å². The minimum absolute atomic E-state index is 0.110. The lowest BCUT2D eigenvalue weighted by Crippen LogP contribution is -2.38. The number of anilines is 1. The fourth-order valence-electron chi connectivity index (χ4n) is 3.35. The minimum Gasteiger partial charge on any atom is -0.338 e. The molecule has 0 bridgehead atoms. The first-order valence-corrected chi connectivity index (χ1v) is 8.92. The highest BCUT2D eigenvalue weighted by Gasteiger charge is 2.16. The molecule has 2 amide bonds. The molecule has 1 aromatic carbocycles. The number of carbonyl (C=O) groups is 1. The van der Waals surface area contributed by atoms with Gasteiger partial charge in [0, 0.05) is 18.3 Å². The summed E-state index contributed by atoms with van der Waals surface area (Å²) < 4.78 is 0. The van der Waals surface area contributed by atoms with Crippen molar-refractivity contribution in [2.75, 3.05) is 25.0 Å². The van der Waals surface area contributed by atoms with Crippen LogP contribution in [0.25, 0.3) is 0 Å². The second-order valence-electron chi connectivity index (χ2n) is 6.85. The molecule has 0 radical (unpaired) electrons. The van der Waals surface area contributed by atoms with Gasteiger partial charge in [0.05, 0.1) is 0 Å². The van der Waals surface area contributed by atoms with Gasteiger partial charge >= 0.3 is 6.03 Å². The Labute approximate surface area is 140 Å². The van der Waals surface area contributed by atoms with Crippen molar-refractivity contribution in [1.82, 2.24) is 10.2 Å². The van der Waals surface area contributed by atoms with Gasteiger partial charge < -0.3 is 15.5 Å². The van der Waals surface area contributed by atoms with Gasteiger partial charge in [0.15, 0.2) is 0 Å². The third kappa shape index (κ3) is 6.22. The molecule has 2 N–H and O–H groups in total. The minimum atomic E-state index is -0.110. The van der Waals surface area contributed by atoms with Gasteiger partial charge in [0.2, 0.25) is 0 Å². The van der Waals surface area contributed by atoms with Crippen LogP contribution in [0.3, 0.4) is 0 Å². The van der Waals surface area contributed by atoms with E-state index < -0.39 is 0 Å². The fourth-order valence-corrected chi connectivity index (χ4v) is 3.35. The van der Waals surface area contributed by atoms with E-state index in [4.69, 9.17) is 0 Å². The highest BCUT2D eigenvalue weighted by Crippen LogP contribution is 2.16. The van der Waals surface area contributed by atoms with E-state index in [1.807, 2.05) is 26.0 Å². The molecule has 1 fully saturated rings. The molecular weight excluding hydrogens is 286 g/mol. The lowest BCUT2D eigenvalue weighted by Gasteiger charge is -2.33. The third-order valence-electron chi connectivity index (χ3n) is 4.58. The number of benzene rings is 1. The molecule has 1 aromatic rings. The summed E-state index contributed by atoms with van der Waals surface area (Å²) in [6.07, 6.45) is 6.22. The van der Waals surface area contributed by atoms with E-state index in [1.54, 1.807) is 0 Å². The molecule has 2 rings (SSSR count). The van der Waals surface area contributed by atoms with Gasteiger partial charge in [0.1, 0.15) is 0 Å². The topological polar surface area (TPSA) is 44.4 Å². The Balaban J connectivity index is 1.61. The van der Waals surface area contributed by atoms with Crippen molar-refractivity contribution >= 4 is 11.7 Å². The molecule has 4 heteroatoms. The Kier molecular flexibility index (Phi) is 6.90. The number of carbonyl (C=O) groups excluding carboxylic acids is 1. The van der Waals surface area contributed by atoms with Crippen LogP contribution in [-0.4, -0.2) is 36.6 Å². The van der Waals surface area contributed by atoms with Crippen LogP contribution in [0.2, 0.25) is 0 Å². The number of likely N-dealkylation sites (tertiary alicyclic amines) is 1. The molecule has 0 aliphatic carbocycles. The smallest absolute Gasteiger partial charge is 0.319 e. The second-order valence-corrected chi connectivity index (χ2v) is 6.85. The first-order chi connectivity index (χ1) is 11.0. The van der Waals surface area contributed by atoms with Crippen LogP contribution in [0.4, 0.5) is 10.5 Å². The summed E-state index contributed by atoms with van der Waals surface area (Å²) in [5, 5.41) is 5.86. The summed E-state index contributed by atoms with van der Waals surface area (Å²) in [5.41, 5.74) is 3.19. The van der Waals surface area contributed by atoms with E-state index in [2.05, 4.69) is 28.5 Å². The molecule has 1 saturated heterocycles. The van der Waals surface area contributed by atoms with Gasteiger partial charge in [-0.2, -0.15) is 0 Å². The van der Waals surface area contributed by atoms with Crippen molar-refractivity contribution in [1.29, 1.82) is 0 Å². The number of unbranched alkanes of at least 4 members (excludes halogenated alkanes) is 1. The zero-order valence-electron chi connectivity index (χ0n) is 14.8. The lowest BCUT2D eigenvalue weighted by molar-refractivity contribution is 0.158. The first-order valence-electron chi connectivity index (χ1n) is 8.92. The largest absolute Gasteiger partial charge is 0.338 e. The van der Waals surface area contributed by atoms with Crippen molar-refractivity contribution in [3.8, 4) is 0 Å². The van der Waals surface area contributed by atoms with Crippen LogP contribution in [0.5, 0.6) is 0 Å². The van der Waals surface area contributed by atoms with Gasteiger partial charge in [-0.15, -0.1) is 0 Å². The maximum Gasteiger partial charge on any atom is 0.319 e. The van der Waals surface area contributed by atoms with E-state index in [0.717, 1.165) is 48.8 Å². The van der Waals surface area contributed by atoms with Gasteiger partial charge in [-0.05, 0) is 82.8 Å². The molecule has 1 heterocycles. The van der Waals surface area contributed by atoms with Crippen molar-refractivity contribution < 1.29 is 4.79 Å². The average Bonchev–Trinajstić information content (AvgIpc) is 2.47. The first kappa shape index (κ1) is 17.8. The predicted molar refractivity (Wildman–Crippen MR) is 97.1 cm³/mol. The van der Waals surface area contributed by atoms with Gasteiger partial charge in [-0.3, -0.25) is 0 Å². The number of rotatable bonds is 6. The summed E-state index contributed by atoms with van der Waals surface area (Å²) in [6, 6.07) is 6.70. The van der Waals surface area contributed by atoms with Crippen molar-refractivity contribution in [3.63, 3.8) is 0 Å². The molecule has 1 unspecified atom stereocenters.